The third kappa shape index (κ3) is 8.46. The van der Waals surface area contributed by atoms with Crippen LogP contribution < -0.4 is 11.1 Å². The van der Waals surface area contributed by atoms with Gasteiger partial charge in [0.25, 0.3) is 0 Å². The smallest absolute Gasteiger partial charge is 0.140 e. The summed E-state index contributed by atoms with van der Waals surface area (Å²) in [5.41, 5.74) is 5.43. The molecule has 1 atom stereocenters. The second-order valence-corrected chi connectivity index (χ2v) is 3.54. The topological polar surface area (TPSA) is 100 Å². The molecule has 0 aliphatic carbocycles. The molecule has 0 heterocycles. The molecule has 96 valence electrons. The second kappa shape index (κ2) is 10.7. The molecule has 0 aliphatic rings. The van der Waals surface area contributed by atoms with Crippen molar-refractivity contribution < 1.29 is 15.1 Å². The van der Waals surface area contributed by atoms with E-state index in [0.717, 1.165) is 19.4 Å². The van der Waals surface area contributed by atoms with E-state index < -0.39 is 0 Å². The van der Waals surface area contributed by atoms with Gasteiger partial charge in [0.2, 0.25) is 0 Å². The largest absolute Gasteiger partial charge is 0.409 e. The molecule has 16 heavy (non-hydrogen) atoms. The van der Waals surface area contributed by atoms with Crippen molar-refractivity contribution in [3.05, 3.63) is 0 Å². The molecule has 0 aromatic carbocycles. The van der Waals surface area contributed by atoms with Crippen LogP contribution in [0.15, 0.2) is 5.16 Å². The van der Waals surface area contributed by atoms with Gasteiger partial charge in [0.05, 0.1) is 13.2 Å². The number of hydrogen-bond donors (Lipinski definition) is 4. The van der Waals surface area contributed by atoms with Crippen LogP contribution >= 0.6 is 0 Å². The molecule has 0 saturated carbocycles. The van der Waals surface area contributed by atoms with Crippen LogP contribution in [0.1, 0.15) is 26.2 Å². The van der Waals surface area contributed by atoms with Gasteiger partial charge in [0.1, 0.15) is 5.84 Å². The summed E-state index contributed by atoms with van der Waals surface area (Å²) in [6, 6.07) is 0.230. The van der Waals surface area contributed by atoms with E-state index in [1.165, 1.54) is 0 Å². The first-order valence-electron chi connectivity index (χ1n) is 5.63. The van der Waals surface area contributed by atoms with Gasteiger partial charge >= 0.3 is 0 Å². The van der Waals surface area contributed by atoms with Gasteiger partial charge < -0.3 is 26.1 Å². The highest BCUT2D eigenvalue weighted by atomic mass is 16.5. The van der Waals surface area contributed by atoms with Gasteiger partial charge in [-0.05, 0) is 19.4 Å². The molecule has 0 fully saturated rings. The number of nitrogens with zero attached hydrogens (tertiary/aromatic N) is 1. The first kappa shape index (κ1) is 15.2. The molecule has 0 saturated heterocycles. The minimum absolute atomic E-state index is 0.0640. The van der Waals surface area contributed by atoms with Crippen LogP contribution in [0.4, 0.5) is 0 Å². The number of oxime groups is 1. The highest BCUT2D eigenvalue weighted by Gasteiger charge is 2.07. The number of rotatable bonds is 10. The van der Waals surface area contributed by atoms with Gasteiger partial charge in [-0.3, -0.25) is 0 Å². The van der Waals surface area contributed by atoms with Crippen LogP contribution in [0.5, 0.6) is 0 Å². The maximum atomic E-state index is 8.48. The number of aliphatic hydroxyl groups is 1. The first-order valence-corrected chi connectivity index (χ1v) is 5.63. The van der Waals surface area contributed by atoms with Crippen molar-refractivity contribution in [1.29, 1.82) is 0 Å². The maximum Gasteiger partial charge on any atom is 0.140 e. The Hall–Kier alpha value is -0.850. The minimum Gasteiger partial charge on any atom is -0.409 e. The number of nitrogens with two attached hydrogens (primary N) is 1. The molecule has 0 spiro atoms. The molecule has 1 unspecified atom stereocenters. The molecule has 0 bridgehead atoms. The zero-order valence-corrected chi connectivity index (χ0v) is 9.85. The van der Waals surface area contributed by atoms with Crippen molar-refractivity contribution in [3.8, 4) is 0 Å². The normalized spacial score (nSPS) is 14.0. The fourth-order valence-electron chi connectivity index (χ4n) is 1.30. The van der Waals surface area contributed by atoms with Gasteiger partial charge in [-0.15, -0.1) is 0 Å². The van der Waals surface area contributed by atoms with Crippen molar-refractivity contribution in [2.45, 2.75) is 32.2 Å². The molecule has 0 radical (unpaired) electrons. The summed E-state index contributed by atoms with van der Waals surface area (Å²) in [6.45, 7) is 3.95. The second-order valence-electron chi connectivity index (χ2n) is 3.54. The monoisotopic (exact) mass is 233 g/mol. The van der Waals surface area contributed by atoms with Gasteiger partial charge in [0.15, 0.2) is 0 Å². The molecule has 0 aromatic rings. The van der Waals surface area contributed by atoms with E-state index in [-0.39, 0.29) is 18.5 Å². The zero-order chi connectivity index (χ0) is 12.2. The lowest BCUT2D eigenvalue weighted by Gasteiger charge is -2.15. The van der Waals surface area contributed by atoms with Gasteiger partial charge in [-0.25, -0.2) is 0 Å². The predicted molar refractivity (Wildman–Crippen MR) is 62.6 cm³/mol. The Kier molecular flexibility index (Phi) is 10.1. The standard InChI is InChI=1S/C10H23N3O3/c1-2-9(8-10(11)13-15)12-4-3-6-16-7-5-14/h9,12,14-15H,2-8H2,1H3,(H2,11,13). The maximum absolute atomic E-state index is 8.48. The average Bonchev–Trinajstić information content (AvgIpc) is 2.31. The summed E-state index contributed by atoms with van der Waals surface area (Å²) in [5, 5.41) is 23.2. The number of nitrogens with one attached hydrogen (secondary N) is 1. The molecule has 0 aliphatic heterocycles. The summed E-state index contributed by atoms with van der Waals surface area (Å²) in [6.07, 6.45) is 2.35. The molecule has 0 rings (SSSR count). The van der Waals surface area contributed by atoms with Crippen LogP contribution in [0, 0.1) is 0 Å². The number of ether oxygens (including phenoxy) is 1. The van der Waals surface area contributed by atoms with Crippen LogP contribution in [0.3, 0.4) is 0 Å². The summed E-state index contributed by atoms with van der Waals surface area (Å²) < 4.78 is 5.12. The highest BCUT2D eigenvalue weighted by molar-refractivity contribution is 5.80. The SMILES string of the molecule is CCC(CC(N)=NO)NCCCOCCO. The summed E-state index contributed by atoms with van der Waals surface area (Å²) in [7, 11) is 0. The number of aliphatic hydroxyl groups excluding tert-OH is 1. The number of amidine groups is 1. The minimum atomic E-state index is 0.0640. The van der Waals surface area contributed by atoms with E-state index in [1.54, 1.807) is 0 Å². The molecule has 0 amide bonds. The number of hydrogen-bond acceptors (Lipinski definition) is 5. The van der Waals surface area contributed by atoms with E-state index in [1.807, 2.05) is 6.92 Å². The zero-order valence-electron chi connectivity index (χ0n) is 9.85. The Labute approximate surface area is 96.5 Å². The Morgan fingerprint density at radius 1 is 1.50 bits per heavy atom. The van der Waals surface area contributed by atoms with Crippen molar-refractivity contribution in [2.24, 2.45) is 10.9 Å². The summed E-state index contributed by atoms with van der Waals surface area (Å²) in [5.74, 6) is 0.246. The van der Waals surface area contributed by atoms with Gasteiger partial charge in [0, 0.05) is 19.1 Å². The lowest BCUT2D eigenvalue weighted by Crippen LogP contribution is -2.34. The lowest BCUT2D eigenvalue weighted by atomic mass is 10.1. The van der Waals surface area contributed by atoms with E-state index in [0.29, 0.717) is 19.6 Å². The van der Waals surface area contributed by atoms with Crippen molar-refractivity contribution in [2.75, 3.05) is 26.4 Å². The summed E-state index contributed by atoms with van der Waals surface area (Å²) >= 11 is 0. The first-order chi connectivity index (χ1) is 7.74. The Balaban J connectivity index is 3.48. The highest BCUT2D eigenvalue weighted by Crippen LogP contribution is 1.97. The van der Waals surface area contributed by atoms with E-state index in [9.17, 15) is 0 Å². The van der Waals surface area contributed by atoms with E-state index in [2.05, 4.69) is 10.5 Å². The van der Waals surface area contributed by atoms with E-state index >= 15 is 0 Å². The molecule has 6 heteroatoms. The van der Waals surface area contributed by atoms with Crippen LogP contribution in [-0.2, 0) is 4.74 Å². The fraction of sp³-hybridized carbons (Fsp3) is 0.900. The van der Waals surface area contributed by atoms with Crippen molar-refractivity contribution in [3.63, 3.8) is 0 Å². The molecule has 5 N–H and O–H groups in total. The fourth-order valence-corrected chi connectivity index (χ4v) is 1.30. The van der Waals surface area contributed by atoms with Crippen LogP contribution in [-0.4, -0.2) is 48.6 Å². The van der Waals surface area contributed by atoms with Crippen LogP contribution in [0.2, 0.25) is 0 Å². The third-order valence-corrected chi connectivity index (χ3v) is 2.21. The lowest BCUT2D eigenvalue weighted by molar-refractivity contribution is 0.0904. The molecular formula is C10H23N3O3. The molecule has 6 nitrogen and oxygen atoms in total. The third-order valence-electron chi connectivity index (χ3n) is 2.21. The van der Waals surface area contributed by atoms with Gasteiger partial charge in [-0.2, -0.15) is 0 Å². The molecule has 0 aromatic heterocycles. The summed E-state index contributed by atoms with van der Waals surface area (Å²) in [4.78, 5) is 0. The van der Waals surface area contributed by atoms with Crippen LogP contribution in [0.25, 0.3) is 0 Å². The average molecular weight is 233 g/mol. The van der Waals surface area contributed by atoms with Crippen molar-refractivity contribution in [1.82, 2.24) is 5.32 Å². The van der Waals surface area contributed by atoms with Crippen molar-refractivity contribution >= 4 is 5.84 Å². The van der Waals surface area contributed by atoms with Gasteiger partial charge in [-0.1, -0.05) is 12.1 Å². The predicted octanol–water partition coefficient (Wildman–Crippen LogP) is -0.110. The Morgan fingerprint density at radius 3 is 2.81 bits per heavy atom. The molecular weight excluding hydrogens is 210 g/mol. The Morgan fingerprint density at radius 2 is 2.25 bits per heavy atom. The van der Waals surface area contributed by atoms with E-state index in [4.69, 9.17) is 20.8 Å². The quantitative estimate of drug-likeness (QED) is 0.139. The Bertz CT molecular complexity index is 188.